The first-order valence-electron chi connectivity index (χ1n) is 8.60. The average Bonchev–Trinajstić information content (AvgIpc) is 3.36. The molecule has 2 nitrogen and oxygen atoms in total. The van der Waals surface area contributed by atoms with Gasteiger partial charge in [-0.25, -0.2) is 0 Å². The van der Waals surface area contributed by atoms with Crippen molar-refractivity contribution in [3.8, 4) is 0 Å². The summed E-state index contributed by atoms with van der Waals surface area (Å²) < 4.78 is 4.42. The van der Waals surface area contributed by atoms with Crippen LogP contribution in [0.1, 0.15) is 11.1 Å². The van der Waals surface area contributed by atoms with E-state index < -0.39 is 0 Å². The summed E-state index contributed by atoms with van der Waals surface area (Å²) >= 11 is 0. The Morgan fingerprint density at radius 1 is 0.500 bits per heavy atom. The zero-order chi connectivity index (χ0) is 17.6. The van der Waals surface area contributed by atoms with E-state index in [0.717, 1.165) is 13.1 Å². The fraction of sp³-hybridized carbons (Fsp3) is 0.0909. The monoisotopic (exact) mass is 376 g/mol. The molecule has 0 aliphatic heterocycles. The number of hydrogen-bond donors (Lipinski definition) is 0. The lowest BCUT2D eigenvalue weighted by molar-refractivity contribution is 0.792. The van der Waals surface area contributed by atoms with E-state index in [9.17, 15) is 0 Å². The lowest BCUT2D eigenvalue weighted by Crippen LogP contribution is -1.98. The van der Waals surface area contributed by atoms with Gasteiger partial charge in [-0.1, -0.05) is 58.0 Å². The van der Waals surface area contributed by atoms with Gasteiger partial charge in [0.1, 0.15) is 0 Å². The first kappa shape index (κ1) is 17.1. The highest BCUT2D eigenvalue weighted by Gasteiger charge is 2.08. The summed E-state index contributed by atoms with van der Waals surface area (Å²) in [4.78, 5) is 2.64. The molecule has 0 atom stereocenters. The van der Waals surface area contributed by atoms with Crippen molar-refractivity contribution in [2.45, 2.75) is 22.9 Å². The second-order valence-corrected chi connectivity index (χ2v) is 8.31. The van der Waals surface area contributed by atoms with Crippen molar-refractivity contribution < 1.29 is 0 Å². The lowest BCUT2D eigenvalue weighted by Gasteiger charge is -2.12. The summed E-state index contributed by atoms with van der Waals surface area (Å²) in [7, 11) is 3.69. The predicted octanol–water partition coefficient (Wildman–Crippen LogP) is 6.19. The van der Waals surface area contributed by atoms with Crippen molar-refractivity contribution in [3.63, 3.8) is 0 Å². The Morgan fingerprint density at radius 3 is 1.31 bits per heavy atom. The van der Waals surface area contributed by atoms with Crippen LogP contribution >= 0.6 is 21.6 Å². The summed E-state index contributed by atoms with van der Waals surface area (Å²) in [6, 6.07) is 25.6. The number of aromatic nitrogens is 2. The van der Waals surface area contributed by atoms with Gasteiger partial charge in [0.25, 0.3) is 0 Å². The highest BCUT2D eigenvalue weighted by Crippen LogP contribution is 2.40. The smallest absolute Gasteiger partial charge is 0.0481 e. The van der Waals surface area contributed by atoms with E-state index in [2.05, 4.69) is 107 Å². The van der Waals surface area contributed by atoms with Gasteiger partial charge in [-0.05, 0) is 47.5 Å². The van der Waals surface area contributed by atoms with Crippen molar-refractivity contribution in [2.24, 2.45) is 0 Å². The number of benzene rings is 2. The molecule has 0 aliphatic rings. The molecule has 0 spiro atoms. The van der Waals surface area contributed by atoms with Crippen LogP contribution in [0.15, 0.2) is 107 Å². The minimum absolute atomic E-state index is 0.905. The van der Waals surface area contributed by atoms with Crippen molar-refractivity contribution in [1.29, 1.82) is 0 Å². The van der Waals surface area contributed by atoms with Crippen LogP contribution in [0.4, 0.5) is 0 Å². The summed E-state index contributed by atoms with van der Waals surface area (Å²) in [6.07, 6.45) is 8.45. The van der Waals surface area contributed by atoms with Crippen molar-refractivity contribution in [2.75, 3.05) is 0 Å². The molecule has 0 saturated carbocycles. The highest BCUT2D eigenvalue weighted by atomic mass is 33.1. The maximum absolute atomic E-state index is 2.22. The predicted molar refractivity (Wildman–Crippen MR) is 112 cm³/mol. The van der Waals surface area contributed by atoms with E-state index in [1.54, 1.807) is 0 Å². The molecule has 2 aromatic heterocycles. The fourth-order valence-electron chi connectivity index (χ4n) is 2.87. The van der Waals surface area contributed by atoms with Crippen LogP contribution in [0.3, 0.4) is 0 Å². The Balaban J connectivity index is 1.50. The molecule has 0 fully saturated rings. The van der Waals surface area contributed by atoms with Gasteiger partial charge in [0.2, 0.25) is 0 Å². The molecule has 26 heavy (non-hydrogen) atoms. The minimum atomic E-state index is 0.905. The van der Waals surface area contributed by atoms with Gasteiger partial charge in [0.05, 0.1) is 0 Å². The second-order valence-electron chi connectivity index (χ2n) is 6.09. The standard InChI is InChI=1S/C22H20N2S2/c1-3-11-21(19(9-1)17-23-13-5-6-14-23)25-26-22-12-4-2-10-20(22)18-24-15-7-8-16-24/h1-16H,17-18H2. The molecular weight excluding hydrogens is 356 g/mol. The van der Waals surface area contributed by atoms with Crippen LogP contribution in [-0.2, 0) is 13.1 Å². The lowest BCUT2D eigenvalue weighted by atomic mass is 10.2. The van der Waals surface area contributed by atoms with E-state index in [0.29, 0.717) is 0 Å². The molecule has 0 N–H and O–H groups in total. The maximum Gasteiger partial charge on any atom is 0.0481 e. The first-order chi connectivity index (χ1) is 12.9. The highest BCUT2D eigenvalue weighted by molar-refractivity contribution is 8.76. The fourth-order valence-corrected chi connectivity index (χ4v) is 5.31. The average molecular weight is 377 g/mol. The number of nitrogens with zero attached hydrogens (tertiary/aromatic N) is 2. The largest absolute Gasteiger partial charge is 0.350 e. The number of rotatable bonds is 7. The van der Waals surface area contributed by atoms with Gasteiger partial charge in [0.15, 0.2) is 0 Å². The Labute approximate surface area is 162 Å². The normalized spacial score (nSPS) is 10.9. The third kappa shape index (κ3) is 4.26. The minimum Gasteiger partial charge on any atom is -0.350 e. The molecule has 0 radical (unpaired) electrons. The molecule has 4 heteroatoms. The zero-order valence-corrected chi connectivity index (χ0v) is 16.0. The molecule has 4 aromatic rings. The summed E-state index contributed by atoms with van der Waals surface area (Å²) in [5.41, 5.74) is 2.70. The molecule has 2 heterocycles. The van der Waals surface area contributed by atoms with Crippen LogP contribution in [0.5, 0.6) is 0 Å². The Hall–Kier alpha value is -2.30. The molecule has 0 aliphatic carbocycles. The van der Waals surface area contributed by atoms with E-state index in [1.807, 2.05) is 21.6 Å². The molecule has 0 amide bonds. The van der Waals surface area contributed by atoms with E-state index in [-0.39, 0.29) is 0 Å². The quantitative estimate of drug-likeness (QED) is 0.356. The van der Waals surface area contributed by atoms with Crippen molar-refractivity contribution >= 4 is 21.6 Å². The first-order valence-corrected chi connectivity index (χ1v) is 10.8. The second kappa shape index (κ2) is 8.39. The van der Waals surface area contributed by atoms with E-state index in [4.69, 9.17) is 0 Å². The topological polar surface area (TPSA) is 9.86 Å². The summed E-state index contributed by atoms with van der Waals surface area (Å²) in [5, 5.41) is 0. The van der Waals surface area contributed by atoms with Crippen molar-refractivity contribution in [1.82, 2.24) is 9.13 Å². The van der Waals surface area contributed by atoms with Gasteiger partial charge >= 0.3 is 0 Å². The van der Waals surface area contributed by atoms with Crippen molar-refractivity contribution in [3.05, 3.63) is 109 Å². The SMILES string of the molecule is c1ccc(SSc2ccccc2Cn2cccc2)c(Cn2cccc2)c1. The third-order valence-electron chi connectivity index (χ3n) is 4.20. The van der Waals surface area contributed by atoms with Crippen LogP contribution in [0.25, 0.3) is 0 Å². The molecule has 4 rings (SSSR count). The zero-order valence-electron chi connectivity index (χ0n) is 14.4. The van der Waals surface area contributed by atoms with E-state index >= 15 is 0 Å². The Kier molecular flexibility index (Phi) is 5.53. The van der Waals surface area contributed by atoms with Gasteiger partial charge in [-0.15, -0.1) is 0 Å². The Bertz CT molecular complexity index is 864. The maximum atomic E-state index is 2.22. The molecule has 2 aromatic carbocycles. The van der Waals surface area contributed by atoms with Crippen LogP contribution in [-0.4, -0.2) is 9.13 Å². The number of hydrogen-bond acceptors (Lipinski definition) is 2. The van der Waals surface area contributed by atoms with Gasteiger partial charge < -0.3 is 9.13 Å². The molecule has 0 saturated heterocycles. The molecule has 0 unspecified atom stereocenters. The summed E-state index contributed by atoms with van der Waals surface area (Å²) in [6.45, 7) is 1.81. The summed E-state index contributed by atoms with van der Waals surface area (Å²) in [5.74, 6) is 0. The van der Waals surface area contributed by atoms with Crippen LogP contribution < -0.4 is 0 Å². The van der Waals surface area contributed by atoms with Crippen LogP contribution in [0, 0.1) is 0 Å². The van der Waals surface area contributed by atoms with Crippen LogP contribution in [0.2, 0.25) is 0 Å². The van der Waals surface area contributed by atoms with Gasteiger partial charge in [0, 0.05) is 47.7 Å². The van der Waals surface area contributed by atoms with Gasteiger partial charge in [-0.2, -0.15) is 0 Å². The molecular formula is C22H20N2S2. The Morgan fingerprint density at radius 2 is 0.885 bits per heavy atom. The van der Waals surface area contributed by atoms with Gasteiger partial charge in [-0.3, -0.25) is 0 Å². The molecule has 0 bridgehead atoms. The third-order valence-corrected chi connectivity index (χ3v) is 6.77. The molecule has 130 valence electrons. The van der Waals surface area contributed by atoms with E-state index in [1.165, 1.54) is 20.9 Å².